The van der Waals surface area contributed by atoms with Crippen molar-refractivity contribution in [1.82, 2.24) is 10.2 Å². The van der Waals surface area contributed by atoms with Crippen LogP contribution in [0.25, 0.3) is 0 Å². The number of hydrogen-bond acceptors (Lipinski definition) is 5. The standard InChI is InChI=1S/C13H24N4OS/c1-9-16-17-12(19-9)15-11(18)6-5-10(7-8-14)13(2,3)4/h10H,5-8,14H2,1-4H3,(H,15,17,18). The highest BCUT2D eigenvalue weighted by Crippen LogP contribution is 2.32. The molecule has 0 spiro atoms. The van der Waals surface area contributed by atoms with Crippen molar-refractivity contribution in [2.24, 2.45) is 17.1 Å². The van der Waals surface area contributed by atoms with Gasteiger partial charge in [0.25, 0.3) is 0 Å². The summed E-state index contributed by atoms with van der Waals surface area (Å²) < 4.78 is 0. The van der Waals surface area contributed by atoms with Crippen molar-refractivity contribution in [3.05, 3.63) is 5.01 Å². The molecule has 6 heteroatoms. The number of nitrogens with one attached hydrogen (secondary N) is 1. The smallest absolute Gasteiger partial charge is 0.226 e. The van der Waals surface area contributed by atoms with Gasteiger partial charge >= 0.3 is 0 Å². The third-order valence-electron chi connectivity index (χ3n) is 3.23. The van der Waals surface area contributed by atoms with Gasteiger partial charge in [-0.1, -0.05) is 32.1 Å². The topological polar surface area (TPSA) is 80.9 Å². The molecule has 1 amide bonds. The van der Waals surface area contributed by atoms with E-state index in [0.717, 1.165) is 17.8 Å². The minimum atomic E-state index is 0.00224. The van der Waals surface area contributed by atoms with Crippen LogP contribution in [0, 0.1) is 18.3 Å². The predicted octanol–water partition coefficient (Wildman–Crippen LogP) is 2.58. The summed E-state index contributed by atoms with van der Waals surface area (Å²) >= 11 is 1.39. The molecule has 108 valence electrons. The maximum Gasteiger partial charge on any atom is 0.226 e. The first-order chi connectivity index (χ1) is 8.82. The van der Waals surface area contributed by atoms with Crippen molar-refractivity contribution in [3.8, 4) is 0 Å². The highest BCUT2D eigenvalue weighted by molar-refractivity contribution is 7.15. The Hall–Kier alpha value is -1.01. The molecule has 0 radical (unpaired) electrons. The number of amides is 1. The van der Waals surface area contributed by atoms with E-state index in [9.17, 15) is 4.79 Å². The second kappa shape index (κ2) is 6.96. The molecule has 0 aromatic carbocycles. The number of rotatable bonds is 6. The number of carbonyl (C=O) groups is 1. The van der Waals surface area contributed by atoms with Gasteiger partial charge in [0.2, 0.25) is 11.0 Å². The average Bonchev–Trinajstić information content (AvgIpc) is 2.68. The lowest BCUT2D eigenvalue weighted by Crippen LogP contribution is -2.25. The molecule has 3 N–H and O–H groups in total. The van der Waals surface area contributed by atoms with Crippen LogP contribution in [0.15, 0.2) is 0 Å². The van der Waals surface area contributed by atoms with Crippen molar-refractivity contribution >= 4 is 22.4 Å². The van der Waals surface area contributed by atoms with Crippen LogP contribution >= 0.6 is 11.3 Å². The molecular formula is C13H24N4OS. The molecule has 5 nitrogen and oxygen atoms in total. The summed E-state index contributed by atoms with van der Waals surface area (Å²) in [4.78, 5) is 11.9. The molecule has 1 atom stereocenters. The van der Waals surface area contributed by atoms with Gasteiger partial charge in [-0.05, 0) is 37.6 Å². The van der Waals surface area contributed by atoms with Crippen molar-refractivity contribution in [1.29, 1.82) is 0 Å². The number of carbonyl (C=O) groups excluding carboxylic acids is 1. The molecule has 0 aliphatic carbocycles. The molecular weight excluding hydrogens is 260 g/mol. The van der Waals surface area contributed by atoms with Crippen LogP contribution in [0.3, 0.4) is 0 Å². The Morgan fingerprint density at radius 1 is 1.37 bits per heavy atom. The normalized spacial score (nSPS) is 13.3. The van der Waals surface area contributed by atoms with Crippen LogP contribution in [-0.2, 0) is 4.79 Å². The number of nitrogens with two attached hydrogens (primary N) is 1. The van der Waals surface area contributed by atoms with E-state index in [-0.39, 0.29) is 11.3 Å². The molecule has 1 aromatic heterocycles. The van der Waals surface area contributed by atoms with Gasteiger partial charge in [-0.2, -0.15) is 0 Å². The van der Waals surface area contributed by atoms with Gasteiger partial charge in [-0.25, -0.2) is 0 Å². The van der Waals surface area contributed by atoms with Crippen LogP contribution in [0.1, 0.15) is 45.0 Å². The minimum Gasteiger partial charge on any atom is -0.330 e. The number of nitrogens with zero attached hydrogens (tertiary/aromatic N) is 2. The quantitative estimate of drug-likeness (QED) is 0.841. The Kier molecular flexibility index (Phi) is 5.87. The summed E-state index contributed by atoms with van der Waals surface area (Å²) in [5.74, 6) is 0.460. The lowest BCUT2D eigenvalue weighted by Gasteiger charge is -2.30. The molecule has 0 bridgehead atoms. The van der Waals surface area contributed by atoms with Crippen molar-refractivity contribution < 1.29 is 4.79 Å². The number of aryl methyl sites for hydroxylation is 1. The monoisotopic (exact) mass is 284 g/mol. The number of aromatic nitrogens is 2. The van der Waals surface area contributed by atoms with Gasteiger partial charge in [-0.3, -0.25) is 4.79 Å². The van der Waals surface area contributed by atoms with Gasteiger partial charge in [0.05, 0.1) is 0 Å². The molecule has 1 rings (SSSR count). The van der Waals surface area contributed by atoms with E-state index in [1.165, 1.54) is 11.3 Å². The largest absolute Gasteiger partial charge is 0.330 e. The summed E-state index contributed by atoms with van der Waals surface area (Å²) in [6.45, 7) is 9.11. The molecule has 0 saturated heterocycles. The van der Waals surface area contributed by atoms with Crippen molar-refractivity contribution in [3.63, 3.8) is 0 Å². The zero-order valence-corrected chi connectivity index (χ0v) is 13.0. The highest BCUT2D eigenvalue weighted by atomic mass is 32.1. The van der Waals surface area contributed by atoms with Crippen LogP contribution < -0.4 is 11.1 Å². The fourth-order valence-corrected chi connectivity index (χ4v) is 2.65. The van der Waals surface area contributed by atoms with Gasteiger partial charge < -0.3 is 11.1 Å². The summed E-state index contributed by atoms with van der Waals surface area (Å²) in [7, 11) is 0. The van der Waals surface area contributed by atoms with Gasteiger partial charge in [0.15, 0.2) is 0 Å². The number of anilines is 1. The molecule has 0 saturated carbocycles. The maximum absolute atomic E-state index is 11.9. The third kappa shape index (κ3) is 5.65. The molecule has 1 aromatic rings. The Bertz CT molecular complexity index is 411. The van der Waals surface area contributed by atoms with E-state index < -0.39 is 0 Å². The maximum atomic E-state index is 11.9. The Morgan fingerprint density at radius 3 is 2.53 bits per heavy atom. The van der Waals surface area contributed by atoms with E-state index in [1.807, 2.05) is 6.92 Å². The fraction of sp³-hybridized carbons (Fsp3) is 0.769. The SMILES string of the molecule is Cc1nnc(NC(=O)CCC(CCN)C(C)(C)C)s1. The lowest BCUT2D eigenvalue weighted by molar-refractivity contribution is -0.116. The third-order valence-corrected chi connectivity index (χ3v) is 3.99. The summed E-state index contributed by atoms with van der Waals surface area (Å²) in [6.07, 6.45) is 2.31. The Balaban J connectivity index is 2.43. The molecule has 1 unspecified atom stereocenters. The van der Waals surface area contributed by atoms with Crippen molar-refractivity contribution in [2.45, 2.75) is 47.0 Å². The zero-order valence-electron chi connectivity index (χ0n) is 12.2. The first kappa shape index (κ1) is 16.0. The van der Waals surface area contributed by atoms with Crippen LogP contribution in [0.2, 0.25) is 0 Å². The lowest BCUT2D eigenvalue weighted by atomic mass is 9.76. The Labute approximate surface area is 119 Å². The summed E-state index contributed by atoms with van der Waals surface area (Å²) in [5, 5.41) is 12.0. The number of hydrogen-bond donors (Lipinski definition) is 2. The molecule has 19 heavy (non-hydrogen) atoms. The van der Waals surface area contributed by atoms with Crippen LogP contribution in [0.4, 0.5) is 5.13 Å². The molecule has 0 fully saturated rings. The fourth-order valence-electron chi connectivity index (χ4n) is 2.05. The predicted molar refractivity (Wildman–Crippen MR) is 79.1 cm³/mol. The molecule has 1 heterocycles. The Morgan fingerprint density at radius 2 is 2.05 bits per heavy atom. The minimum absolute atomic E-state index is 0.00224. The second-order valence-electron chi connectivity index (χ2n) is 5.85. The van der Waals surface area contributed by atoms with E-state index in [1.54, 1.807) is 0 Å². The van der Waals surface area contributed by atoms with E-state index >= 15 is 0 Å². The first-order valence-electron chi connectivity index (χ1n) is 6.63. The summed E-state index contributed by atoms with van der Waals surface area (Å²) in [5.41, 5.74) is 5.82. The zero-order chi connectivity index (χ0) is 14.5. The highest BCUT2D eigenvalue weighted by Gasteiger charge is 2.24. The second-order valence-corrected chi connectivity index (χ2v) is 7.04. The van der Waals surface area contributed by atoms with E-state index in [2.05, 4.69) is 36.3 Å². The molecule has 0 aliphatic rings. The van der Waals surface area contributed by atoms with Gasteiger partial charge in [-0.15, -0.1) is 10.2 Å². The van der Waals surface area contributed by atoms with Gasteiger partial charge in [0, 0.05) is 6.42 Å². The van der Waals surface area contributed by atoms with Crippen LogP contribution in [-0.4, -0.2) is 22.6 Å². The van der Waals surface area contributed by atoms with E-state index in [0.29, 0.717) is 24.0 Å². The van der Waals surface area contributed by atoms with Crippen LogP contribution in [0.5, 0.6) is 0 Å². The molecule has 0 aliphatic heterocycles. The first-order valence-corrected chi connectivity index (χ1v) is 7.44. The van der Waals surface area contributed by atoms with Gasteiger partial charge in [0.1, 0.15) is 5.01 Å². The summed E-state index contributed by atoms with van der Waals surface area (Å²) in [6, 6.07) is 0. The van der Waals surface area contributed by atoms with E-state index in [4.69, 9.17) is 5.73 Å². The van der Waals surface area contributed by atoms with Crippen molar-refractivity contribution in [2.75, 3.05) is 11.9 Å². The average molecular weight is 284 g/mol.